The van der Waals surface area contributed by atoms with Gasteiger partial charge in [-0.3, -0.25) is 0 Å². The summed E-state index contributed by atoms with van der Waals surface area (Å²) in [5, 5.41) is 3.48. The number of carbonyl (C=O) groups excluding carboxylic acids is 1. The number of benzene rings is 1. The third kappa shape index (κ3) is 3.72. The standard InChI is InChI=1S/C14H19NO2.ClH/c1-2-17-14(16)12-7-5-6-11(10-12)13-8-3-4-9-15-13;/h5-7,10,13,15H,2-4,8-9H2,1H3;1H/t13-;/m0./s1. The zero-order chi connectivity index (χ0) is 12.1. The smallest absolute Gasteiger partial charge is 0.338 e. The van der Waals surface area contributed by atoms with Gasteiger partial charge >= 0.3 is 5.97 Å². The van der Waals surface area contributed by atoms with Crippen molar-refractivity contribution in [2.75, 3.05) is 13.2 Å². The lowest BCUT2D eigenvalue weighted by atomic mass is 9.96. The molecule has 100 valence electrons. The van der Waals surface area contributed by atoms with Gasteiger partial charge in [0.25, 0.3) is 0 Å². The Kier molecular flexibility index (Phi) is 6.16. The van der Waals surface area contributed by atoms with Gasteiger partial charge in [0.2, 0.25) is 0 Å². The van der Waals surface area contributed by atoms with Crippen molar-refractivity contribution in [1.29, 1.82) is 0 Å². The number of carbonyl (C=O) groups is 1. The molecule has 4 heteroatoms. The average Bonchev–Trinajstić information content (AvgIpc) is 2.40. The number of piperidine rings is 1. The van der Waals surface area contributed by atoms with Gasteiger partial charge in [0.1, 0.15) is 0 Å². The van der Waals surface area contributed by atoms with E-state index >= 15 is 0 Å². The van der Waals surface area contributed by atoms with Gasteiger partial charge in [0, 0.05) is 6.04 Å². The second-order valence-corrected chi connectivity index (χ2v) is 4.35. The first-order valence-corrected chi connectivity index (χ1v) is 6.31. The van der Waals surface area contributed by atoms with Crippen molar-refractivity contribution in [3.8, 4) is 0 Å². The first kappa shape index (κ1) is 15.0. The maximum absolute atomic E-state index is 11.6. The van der Waals surface area contributed by atoms with Gasteiger partial charge in [0.15, 0.2) is 0 Å². The fraction of sp³-hybridized carbons (Fsp3) is 0.500. The van der Waals surface area contributed by atoms with E-state index in [0.29, 0.717) is 18.2 Å². The molecule has 2 rings (SSSR count). The molecule has 1 aromatic carbocycles. The van der Waals surface area contributed by atoms with Gasteiger partial charge in [-0.05, 0) is 44.0 Å². The first-order chi connectivity index (χ1) is 8.31. The van der Waals surface area contributed by atoms with Crippen LogP contribution in [0.5, 0.6) is 0 Å². The highest BCUT2D eigenvalue weighted by molar-refractivity contribution is 5.89. The molecular formula is C14H20ClNO2. The molecule has 1 aliphatic rings. The van der Waals surface area contributed by atoms with E-state index in [1.54, 1.807) is 0 Å². The van der Waals surface area contributed by atoms with E-state index in [1.807, 2.05) is 25.1 Å². The summed E-state index contributed by atoms with van der Waals surface area (Å²) in [6.45, 7) is 3.31. The van der Waals surface area contributed by atoms with Gasteiger partial charge in [-0.15, -0.1) is 12.4 Å². The lowest BCUT2D eigenvalue weighted by molar-refractivity contribution is 0.0526. The van der Waals surface area contributed by atoms with E-state index < -0.39 is 0 Å². The van der Waals surface area contributed by atoms with Gasteiger partial charge < -0.3 is 10.1 Å². The van der Waals surface area contributed by atoms with E-state index in [2.05, 4.69) is 11.4 Å². The molecule has 1 aromatic rings. The first-order valence-electron chi connectivity index (χ1n) is 6.31. The van der Waals surface area contributed by atoms with Crippen LogP contribution in [0.1, 0.15) is 48.1 Å². The molecular weight excluding hydrogens is 250 g/mol. The van der Waals surface area contributed by atoms with Crippen molar-refractivity contribution in [2.24, 2.45) is 0 Å². The summed E-state index contributed by atoms with van der Waals surface area (Å²) in [6.07, 6.45) is 3.64. The van der Waals surface area contributed by atoms with Crippen LogP contribution < -0.4 is 5.32 Å². The fourth-order valence-corrected chi connectivity index (χ4v) is 2.23. The van der Waals surface area contributed by atoms with Crippen molar-refractivity contribution >= 4 is 18.4 Å². The average molecular weight is 270 g/mol. The maximum atomic E-state index is 11.6. The van der Waals surface area contributed by atoms with Crippen molar-refractivity contribution < 1.29 is 9.53 Å². The molecule has 0 amide bonds. The zero-order valence-electron chi connectivity index (χ0n) is 10.6. The second kappa shape index (κ2) is 7.39. The van der Waals surface area contributed by atoms with Crippen molar-refractivity contribution in [3.05, 3.63) is 35.4 Å². The third-order valence-corrected chi connectivity index (χ3v) is 3.11. The Labute approximate surface area is 114 Å². The van der Waals surface area contributed by atoms with Crippen LogP contribution in [0.3, 0.4) is 0 Å². The molecule has 0 radical (unpaired) electrons. The Morgan fingerprint density at radius 2 is 2.28 bits per heavy atom. The van der Waals surface area contributed by atoms with Gasteiger partial charge in [-0.25, -0.2) is 4.79 Å². The zero-order valence-corrected chi connectivity index (χ0v) is 11.5. The van der Waals surface area contributed by atoms with E-state index in [1.165, 1.54) is 18.4 Å². The summed E-state index contributed by atoms with van der Waals surface area (Å²) in [5.74, 6) is -0.231. The van der Waals surface area contributed by atoms with Crippen LogP contribution >= 0.6 is 12.4 Å². The van der Waals surface area contributed by atoms with Crippen molar-refractivity contribution in [2.45, 2.75) is 32.2 Å². The molecule has 18 heavy (non-hydrogen) atoms. The lowest BCUT2D eigenvalue weighted by Gasteiger charge is -2.24. The summed E-state index contributed by atoms with van der Waals surface area (Å²) in [7, 11) is 0. The van der Waals surface area contributed by atoms with Crippen LogP contribution in [-0.4, -0.2) is 19.1 Å². The van der Waals surface area contributed by atoms with Crippen LogP contribution in [0.25, 0.3) is 0 Å². The monoisotopic (exact) mass is 269 g/mol. The number of hydrogen-bond donors (Lipinski definition) is 1. The Balaban J connectivity index is 0.00000162. The SMILES string of the molecule is CCOC(=O)c1cccc([C@@H]2CCCCN2)c1.Cl. The Hall–Kier alpha value is -1.06. The molecule has 1 saturated heterocycles. The second-order valence-electron chi connectivity index (χ2n) is 4.35. The highest BCUT2D eigenvalue weighted by Gasteiger charge is 2.16. The van der Waals surface area contributed by atoms with Gasteiger partial charge in [-0.2, -0.15) is 0 Å². The summed E-state index contributed by atoms with van der Waals surface area (Å²) in [5.41, 5.74) is 1.84. The molecule has 0 spiro atoms. The van der Waals surface area contributed by atoms with Crippen molar-refractivity contribution in [1.82, 2.24) is 5.32 Å². The predicted molar refractivity (Wildman–Crippen MR) is 74.2 cm³/mol. The molecule has 0 aliphatic carbocycles. The molecule has 1 heterocycles. The molecule has 1 N–H and O–H groups in total. The summed E-state index contributed by atoms with van der Waals surface area (Å²) < 4.78 is 5.01. The normalized spacial score (nSPS) is 18.8. The van der Waals surface area contributed by atoms with Crippen LogP contribution in [0.2, 0.25) is 0 Å². The van der Waals surface area contributed by atoms with Crippen molar-refractivity contribution in [3.63, 3.8) is 0 Å². The number of rotatable bonds is 3. The topological polar surface area (TPSA) is 38.3 Å². The molecule has 0 unspecified atom stereocenters. The van der Waals surface area contributed by atoms with Gasteiger partial charge in [0.05, 0.1) is 12.2 Å². The molecule has 0 aromatic heterocycles. The van der Waals surface area contributed by atoms with Crippen LogP contribution in [0.15, 0.2) is 24.3 Å². The van der Waals surface area contributed by atoms with Gasteiger partial charge in [-0.1, -0.05) is 18.6 Å². The summed E-state index contributed by atoms with van der Waals surface area (Å²) in [4.78, 5) is 11.6. The largest absolute Gasteiger partial charge is 0.462 e. The molecule has 0 saturated carbocycles. The molecule has 1 aliphatic heterocycles. The minimum absolute atomic E-state index is 0. The van der Waals surface area contributed by atoms with Crippen LogP contribution in [0.4, 0.5) is 0 Å². The molecule has 0 bridgehead atoms. The highest BCUT2D eigenvalue weighted by atomic mass is 35.5. The minimum Gasteiger partial charge on any atom is -0.462 e. The minimum atomic E-state index is -0.231. The number of ether oxygens (including phenoxy) is 1. The summed E-state index contributed by atoms with van der Waals surface area (Å²) in [6, 6.07) is 8.15. The Morgan fingerprint density at radius 1 is 1.44 bits per heavy atom. The van der Waals surface area contributed by atoms with E-state index in [9.17, 15) is 4.79 Å². The number of nitrogens with one attached hydrogen (secondary N) is 1. The van der Waals surface area contributed by atoms with Crippen LogP contribution in [-0.2, 0) is 4.74 Å². The fourth-order valence-electron chi connectivity index (χ4n) is 2.23. The quantitative estimate of drug-likeness (QED) is 0.857. The maximum Gasteiger partial charge on any atom is 0.338 e. The lowest BCUT2D eigenvalue weighted by Crippen LogP contribution is -2.26. The third-order valence-electron chi connectivity index (χ3n) is 3.11. The Bertz CT molecular complexity index is 389. The highest BCUT2D eigenvalue weighted by Crippen LogP contribution is 2.23. The predicted octanol–water partition coefficient (Wildman–Crippen LogP) is 3.10. The van der Waals surface area contributed by atoms with E-state index in [0.717, 1.165) is 13.0 Å². The van der Waals surface area contributed by atoms with E-state index in [-0.39, 0.29) is 18.4 Å². The molecule has 3 nitrogen and oxygen atoms in total. The number of hydrogen-bond acceptors (Lipinski definition) is 3. The molecule has 1 fully saturated rings. The summed E-state index contributed by atoms with van der Waals surface area (Å²) >= 11 is 0. The van der Waals surface area contributed by atoms with E-state index in [4.69, 9.17) is 4.74 Å². The van der Waals surface area contributed by atoms with Crippen LogP contribution in [0, 0.1) is 0 Å². The number of halogens is 1. The number of esters is 1. The Morgan fingerprint density at radius 3 is 2.94 bits per heavy atom. The molecule has 1 atom stereocenters.